The fourth-order valence-corrected chi connectivity index (χ4v) is 2.29. The molecule has 0 bridgehead atoms. The number of benzene rings is 1. The van der Waals surface area contributed by atoms with E-state index in [0.29, 0.717) is 12.1 Å². The van der Waals surface area contributed by atoms with Crippen LogP contribution in [-0.2, 0) is 4.74 Å². The number of halogens is 1. The molecule has 2 rings (SSSR count). The number of rotatable bonds is 4. The summed E-state index contributed by atoms with van der Waals surface area (Å²) in [6.07, 6.45) is 0.290. The van der Waals surface area contributed by atoms with Crippen LogP contribution in [0.2, 0.25) is 5.02 Å². The third-order valence-corrected chi connectivity index (χ3v) is 3.62. The second-order valence-corrected chi connectivity index (χ2v) is 5.37. The summed E-state index contributed by atoms with van der Waals surface area (Å²) in [6.45, 7) is 5.91. The topological polar surface area (TPSA) is 24.5 Å². The van der Waals surface area contributed by atoms with Gasteiger partial charge in [0.05, 0.1) is 12.7 Å². The van der Waals surface area contributed by atoms with E-state index in [2.05, 4.69) is 36.3 Å². The van der Waals surface area contributed by atoms with E-state index in [4.69, 9.17) is 16.3 Å². The van der Waals surface area contributed by atoms with Crippen LogP contribution in [0.15, 0.2) is 24.3 Å². The van der Waals surface area contributed by atoms with Gasteiger partial charge in [-0.1, -0.05) is 23.7 Å². The van der Waals surface area contributed by atoms with Crippen molar-refractivity contribution < 1.29 is 4.74 Å². The molecule has 0 amide bonds. The summed E-state index contributed by atoms with van der Waals surface area (Å²) < 4.78 is 5.73. The summed E-state index contributed by atoms with van der Waals surface area (Å²) in [6, 6.07) is 8.31. The molecule has 18 heavy (non-hydrogen) atoms. The molecule has 100 valence electrons. The highest BCUT2D eigenvalue weighted by molar-refractivity contribution is 6.30. The van der Waals surface area contributed by atoms with Gasteiger partial charge in [0.2, 0.25) is 0 Å². The minimum atomic E-state index is 0.290. The molecule has 0 spiro atoms. The largest absolute Gasteiger partial charge is 0.374 e. The predicted molar refractivity (Wildman–Crippen MR) is 75.1 cm³/mol. The Balaban J connectivity index is 1.80. The summed E-state index contributed by atoms with van der Waals surface area (Å²) in [7, 11) is 2.14. The van der Waals surface area contributed by atoms with Crippen molar-refractivity contribution >= 4 is 11.6 Å². The van der Waals surface area contributed by atoms with E-state index in [-0.39, 0.29) is 0 Å². The first-order valence-electron chi connectivity index (χ1n) is 6.44. The van der Waals surface area contributed by atoms with Crippen molar-refractivity contribution in [1.29, 1.82) is 0 Å². The fraction of sp³-hybridized carbons (Fsp3) is 0.571. The summed E-state index contributed by atoms with van der Waals surface area (Å²) in [5.41, 5.74) is 1.25. The SMILES string of the molecule is C[C@H](NC[C@H]1CN(C)CCO1)c1ccc(Cl)cc1. The van der Waals surface area contributed by atoms with Crippen molar-refractivity contribution in [2.45, 2.75) is 19.1 Å². The lowest BCUT2D eigenvalue weighted by molar-refractivity contribution is -0.0190. The van der Waals surface area contributed by atoms with Crippen LogP contribution in [-0.4, -0.2) is 44.3 Å². The molecule has 0 radical (unpaired) electrons. The molecular formula is C14H21ClN2O. The van der Waals surface area contributed by atoms with Crippen LogP contribution in [0, 0.1) is 0 Å². The van der Waals surface area contributed by atoms with Crippen molar-refractivity contribution in [3.63, 3.8) is 0 Å². The van der Waals surface area contributed by atoms with Gasteiger partial charge in [0, 0.05) is 30.7 Å². The molecule has 0 unspecified atom stereocenters. The normalized spacial score (nSPS) is 22.9. The molecule has 1 N–H and O–H groups in total. The number of morpholine rings is 1. The highest BCUT2D eigenvalue weighted by Gasteiger charge is 2.18. The van der Waals surface area contributed by atoms with E-state index in [0.717, 1.165) is 31.3 Å². The average Bonchev–Trinajstić information content (AvgIpc) is 2.37. The summed E-state index contributed by atoms with van der Waals surface area (Å²) in [4.78, 5) is 2.31. The number of hydrogen-bond acceptors (Lipinski definition) is 3. The van der Waals surface area contributed by atoms with Crippen LogP contribution in [0.4, 0.5) is 0 Å². The summed E-state index contributed by atoms with van der Waals surface area (Å²) in [5, 5.41) is 4.29. The molecule has 1 saturated heterocycles. The zero-order valence-corrected chi connectivity index (χ0v) is 11.8. The Hall–Kier alpha value is -0.610. The lowest BCUT2D eigenvalue weighted by atomic mass is 10.1. The lowest BCUT2D eigenvalue weighted by Crippen LogP contribution is -2.45. The fourth-order valence-electron chi connectivity index (χ4n) is 2.17. The summed E-state index contributed by atoms with van der Waals surface area (Å²) >= 11 is 5.89. The van der Waals surface area contributed by atoms with Crippen LogP contribution in [0.1, 0.15) is 18.5 Å². The number of nitrogens with zero attached hydrogens (tertiary/aromatic N) is 1. The number of ether oxygens (including phenoxy) is 1. The Morgan fingerprint density at radius 1 is 1.44 bits per heavy atom. The molecule has 4 heteroatoms. The first-order valence-corrected chi connectivity index (χ1v) is 6.82. The van der Waals surface area contributed by atoms with Gasteiger partial charge in [-0.2, -0.15) is 0 Å². The van der Waals surface area contributed by atoms with Crippen molar-refractivity contribution in [3.8, 4) is 0 Å². The Morgan fingerprint density at radius 3 is 2.83 bits per heavy atom. The Morgan fingerprint density at radius 2 is 2.17 bits per heavy atom. The zero-order chi connectivity index (χ0) is 13.0. The first-order chi connectivity index (χ1) is 8.65. The maximum atomic E-state index is 5.89. The molecule has 3 nitrogen and oxygen atoms in total. The third-order valence-electron chi connectivity index (χ3n) is 3.36. The standard InChI is InChI=1S/C14H21ClN2O/c1-11(12-3-5-13(15)6-4-12)16-9-14-10-17(2)7-8-18-14/h3-6,11,14,16H,7-10H2,1-2H3/t11-,14-/m0/s1. The van der Waals surface area contributed by atoms with Gasteiger partial charge in [-0.3, -0.25) is 0 Å². The van der Waals surface area contributed by atoms with Gasteiger partial charge in [0.1, 0.15) is 0 Å². The minimum Gasteiger partial charge on any atom is -0.374 e. The second-order valence-electron chi connectivity index (χ2n) is 4.94. The molecule has 0 saturated carbocycles. The monoisotopic (exact) mass is 268 g/mol. The van der Waals surface area contributed by atoms with Gasteiger partial charge in [0.15, 0.2) is 0 Å². The lowest BCUT2D eigenvalue weighted by Gasteiger charge is -2.31. The molecular weight excluding hydrogens is 248 g/mol. The minimum absolute atomic E-state index is 0.290. The average molecular weight is 269 g/mol. The molecule has 1 heterocycles. The molecule has 1 fully saturated rings. The maximum Gasteiger partial charge on any atom is 0.0826 e. The van der Waals surface area contributed by atoms with E-state index in [1.807, 2.05) is 12.1 Å². The van der Waals surface area contributed by atoms with Crippen LogP contribution >= 0.6 is 11.6 Å². The van der Waals surface area contributed by atoms with E-state index >= 15 is 0 Å². The van der Waals surface area contributed by atoms with Crippen LogP contribution in [0.5, 0.6) is 0 Å². The second kappa shape index (κ2) is 6.53. The van der Waals surface area contributed by atoms with E-state index in [1.165, 1.54) is 5.56 Å². The van der Waals surface area contributed by atoms with E-state index < -0.39 is 0 Å². The molecule has 1 aliphatic rings. The van der Waals surface area contributed by atoms with Crippen molar-refractivity contribution in [1.82, 2.24) is 10.2 Å². The Labute approximate surface area is 114 Å². The summed E-state index contributed by atoms with van der Waals surface area (Å²) in [5.74, 6) is 0. The van der Waals surface area contributed by atoms with Gasteiger partial charge in [-0.05, 0) is 31.7 Å². The third kappa shape index (κ3) is 3.95. The molecule has 0 aromatic heterocycles. The Kier molecular flexibility index (Phi) is 5.01. The number of likely N-dealkylation sites (N-methyl/N-ethyl adjacent to an activating group) is 1. The van der Waals surface area contributed by atoms with Crippen LogP contribution < -0.4 is 5.32 Å². The maximum absolute atomic E-state index is 5.89. The van der Waals surface area contributed by atoms with E-state index in [9.17, 15) is 0 Å². The smallest absolute Gasteiger partial charge is 0.0826 e. The Bertz CT molecular complexity index is 369. The molecule has 1 aromatic rings. The molecule has 1 aliphatic heterocycles. The van der Waals surface area contributed by atoms with Crippen LogP contribution in [0.25, 0.3) is 0 Å². The quantitative estimate of drug-likeness (QED) is 0.907. The van der Waals surface area contributed by atoms with Crippen LogP contribution in [0.3, 0.4) is 0 Å². The zero-order valence-electron chi connectivity index (χ0n) is 11.0. The van der Waals surface area contributed by atoms with Gasteiger partial charge in [-0.25, -0.2) is 0 Å². The molecule has 2 atom stereocenters. The molecule has 1 aromatic carbocycles. The molecule has 0 aliphatic carbocycles. The predicted octanol–water partition coefficient (Wildman–Crippen LogP) is 2.32. The van der Waals surface area contributed by atoms with Gasteiger partial charge >= 0.3 is 0 Å². The highest BCUT2D eigenvalue weighted by atomic mass is 35.5. The number of hydrogen-bond donors (Lipinski definition) is 1. The van der Waals surface area contributed by atoms with Gasteiger partial charge in [0.25, 0.3) is 0 Å². The highest BCUT2D eigenvalue weighted by Crippen LogP contribution is 2.16. The van der Waals surface area contributed by atoms with Crippen molar-refractivity contribution in [2.75, 3.05) is 33.3 Å². The number of nitrogens with one attached hydrogen (secondary N) is 1. The van der Waals surface area contributed by atoms with Crippen molar-refractivity contribution in [2.24, 2.45) is 0 Å². The van der Waals surface area contributed by atoms with Crippen molar-refractivity contribution in [3.05, 3.63) is 34.9 Å². The van der Waals surface area contributed by atoms with Gasteiger partial charge in [-0.15, -0.1) is 0 Å². The van der Waals surface area contributed by atoms with E-state index in [1.54, 1.807) is 0 Å². The van der Waals surface area contributed by atoms with Gasteiger partial charge < -0.3 is 15.0 Å². The first kappa shape index (κ1) is 13.8.